The summed E-state index contributed by atoms with van der Waals surface area (Å²) in [4.78, 5) is 7.96. The van der Waals surface area contributed by atoms with Crippen molar-refractivity contribution in [3.05, 3.63) is 53.6 Å². The van der Waals surface area contributed by atoms with Crippen LogP contribution in [0.5, 0.6) is 0 Å². The third-order valence-corrected chi connectivity index (χ3v) is 3.48. The van der Waals surface area contributed by atoms with E-state index < -0.39 is 0 Å². The SMILES string of the molecule is Clc1ccc2nc3[nH]c4ccccc4cc-3c2c1. The standard InChI is InChI=1S/C15H9ClN2/c16-10-5-6-14-11(8-10)12-7-9-3-1-2-4-13(9)17-15(12)18-14/h1-8H,(H,17,18). The van der Waals surface area contributed by atoms with Gasteiger partial charge in [0.25, 0.3) is 0 Å². The van der Waals surface area contributed by atoms with Crippen LogP contribution >= 0.6 is 11.6 Å². The van der Waals surface area contributed by atoms with Crippen LogP contribution < -0.4 is 0 Å². The molecule has 4 rings (SSSR count). The van der Waals surface area contributed by atoms with Crippen LogP contribution in [0.25, 0.3) is 33.2 Å². The Morgan fingerprint density at radius 2 is 1.89 bits per heavy atom. The van der Waals surface area contributed by atoms with Gasteiger partial charge in [-0.05, 0) is 35.7 Å². The number of para-hydroxylation sites is 1. The highest BCUT2D eigenvalue weighted by molar-refractivity contribution is 6.31. The van der Waals surface area contributed by atoms with Gasteiger partial charge < -0.3 is 4.98 Å². The monoisotopic (exact) mass is 252 g/mol. The molecule has 0 radical (unpaired) electrons. The molecule has 3 heteroatoms. The largest absolute Gasteiger partial charge is 0.339 e. The molecule has 0 aliphatic carbocycles. The number of hydrogen-bond donors (Lipinski definition) is 1. The zero-order valence-corrected chi connectivity index (χ0v) is 10.2. The minimum Gasteiger partial charge on any atom is -0.339 e. The van der Waals surface area contributed by atoms with Gasteiger partial charge in [0.1, 0.15) is 5.82 Å². The maximum atomic E-state index is 6.06. The summed E-state index contributed by atoms with van der Waals surface area (Å²) in [6.07, 6.45) is 0. The lowest BCUT2D eigenvalue weighted by Gasteiger charge is -2.03. The Morgan fingerprint density at radius 1 is 1.00 bits per heavy atom. The van der Waals surface area contributed by atoms with Gasteiger partial charge in [0.15, 0.2) is 0 Å². The molecule has 0 bridgehead atoms. The van der Waals surface area contributed by atoms with Gasteiger partial charge in [-0.1, -0.05) is 29.8 Å². The van der Waals surface area contributed by atoms with Crippen molar-refractivity contribution in [1.29, 1.82) is 0 Å². The van der Waals surface area contributed by atoms with Gasteiger partial charge in [-0.3, -0.25) is 0 Å². The summed E-state index contributed by atoms with van der Waals surface area (Å²) in [5.41, 5.74) is 3.19. The van der Waals surface area contributed by atoms with E-state index in [-0.39, 0.29) is 0 Å². The number of benzene rings is 2. The summed E-state index contributed by atoms with van der Waals surface area (Å²) in [6.45, 7) is 0. The van der Waals surface area contributed by atoms with Gasteiger partial charge >= 0.3 is 0 Å². The Balaban J connectivity index is 2.21. The number of hydrogen-bond acceptors (Lipinski definition) is 1. The van der Waals surface area contributed by atoms with Crippen LogP contribution in [0.4, 0.5) is 0 Å². The maximum absolute atomic E-state index is 6.06. The Hall–Kier alpha value is -2.06. The van der Waals surface area contributed by atoms with E-state index in [4.69, 9.17) is 11.6 Å². The van der Waals surface area contributed by atoms with Crippen LogP contribution in [-0.4, -0.2) is 9.97 Å². The first kappa shape index (κ1) is 9.92. The molecule has 2 aliphatic heterocycles. The van der Waals surface area contributed by atoms with Crippen molar-refractivity contribution in [2.75, 3.05) is 0 Å². The molecule has 86 valence electrons. The molecule has 0 aromatic heterocycles. The molecule has 2 aromatic rings. The summed E-state index contributed by atoms with van der Waals surface area (Å²) in [5, 5.41) is 3.02. The molecule has 0 amide bonds. The molecule has 0 spiro atoms. The van der Waals surface area contributed by atoms with Crippen LogP contribution in [0.15, 0.2) is 48.5 Å². The molecule has 2 nitrogen and oxygen atoms in total. The van der Waals surface area contributed by atoms with E-state index in [2.05, 4.69) is 28.2 Å². The van der Waals surface area contributed by atoms with Gasteiger partial charge in [0, 0.05) is 21.5 Å². The second-order valence-corrected chi connectivity index (χ2v) is 4.83. The summed E-state index contributed by atoms with van der Waals surface area (Å²) in [5.74, 6) is 0.908. The molecule has 18 heavy (non-hydrogen) atoms. The third-order valence-electron chi connectivity index (χ3n) is 3.25. The molecule has 0 fully saturated rings. The van der Waals surface area contributed by atoms with E-state index in [1.807, 2.05) is 30.3 Å². The van der Waals surface area contributed by atoms with Crippen molar-refractivity contribution in [3.63, 3.8) is 0 Å². The number of nitrogens with one attached hydrogen (secondary N) is 1. The van der Waals surface area contributed by atoms with E-state index >= 15 is 0 Å². The summed E-state index contributed by atoms with van der Waals surface area (Å²) < 4.78 is 0. The molecule has 1 N–H and O–H groups in total. The van der Waals surface area contributed by atoms with Crippen molar-refractivity contribution in [3.8, 4) is 11.4 Å². The predicted molar refractivity (Wildman–Crippen MR) is 75.2 cm³/mol. The summed E-state index contributed by atoms with van der Waals surface area (Å²) in [7, 11) is 0. The zero-order valence-electron chi connectivity index (χ0n) is 9.44. The molecular weight excluding hydrogens is 244 g/mol. The first-order valence-electron chi connectivity index (χ1n) is 5.78. The average Bonchev–Trinajstić information content (AvgIpc) is 2.73. The Kier molecular flexibility index (Phi) is 1.91. The van der Waals surface area contributed by atoms with Gasteiger partial charge in [-0.25, -0.2) is 4.98 Å². The number of halogens is 1. The number of fused-ring (bicyclic) bond motifs is 4. The molecule has 2 aromatic carbocycles. The van der Waals surface area contributed by atoms with E-state index in [9.17, 15) is 0 Å². The van der Waals surface area contributed by atoms with Crippen molar-refractivity contribution in [2.24, 2.45) is 0 Å². The van der Waals surface area contributed by atoms with E-state index in [0.717, 1.165) is 32.8 Å². The van der Waals surface area contributed by atoms with E-state index in [1.165, 1.54) is 5.39 Å². The minimum atomic E-state index is 0.741. The number of H-pyrrole nitrogens is 1. The zero-order chi connectivity index (χ0) is 12.1. The minimum absolute atomic E-state index is 0.741. The number of nitrogens with zero attached hydrogens (tertiary/aromatic N) is 1. The van der Waals surface area contributed by atoms with Crippen LogP contribution in [0.2, 0.25) is 5.02 Å². The fourth-order valence-electron chi connectivity index (χ4n) is 2.39. The molecule has 0 saturated heterocycles. The first-order chi connectivity index (χ1) is 8.81. The molecular formula is C15H9ClN2. The first-order valence-corrected chi connectivity index (χ1v) is 6.16. The van der Waals surface area contributed by atoms with Gasteiger partial charge in [-0.2, -0.15) is 0 Å². The molecule has 2 aliphatic rings. The number of aromatic nitrogens is 2. The maximum Gasteiger partial charge on any atom is 0.139 e. The molecule has 0 atom stereocenters. The van der Waals surface area contributed by atoms with Crippen LogP contribution in [0, 0.1) is 0 Å². The van der Waals surface area contributed by atoms with Crippen molar-refractivity contribution < 1.29 is 0 Å². The Labute approximate surface area is 109 Å². The normalized spacial score (nSPS) is 11.6. The topological polar surface area (TPSA) is 28.7 Å². The van der Waals surface area contributed by atoms with Gasteiger partial charge in [0.05, 0.1) is 5.52 Å². The summed E-state index contributed by atoms with van der Waals surface area (Å²) >= 11 is 6.06. The van der Waals surface area contributed by atoms with Crippen LogP contribution in [-0.2, 0) is 0 Å². The van der Waals surface area contributed by atoms with E-state index in [0.29, 0.717) is 0 Å². The Morgan fingerprint density at radius 3 is 2.83 bits per heavy atom. The van der Waals surface area contributed by atoms with Gasteiger partial charge in [0.2, 0.25) is 0 Å². The highest BCUT2D eigenvalue weighted by Crippen LogP contribution is 2.33. The van der Waals surface area contributed by atoms with Crippen LogP contribution in [0.1, 0.15) is 0 Å². The van der Waals surface area contributed by atoms with Crippen LogP contribution in [0.3, 0.4) is 0 Å². The fraction of sp³-hybridized carbons (Fsp3) is 0. The number of pyridine rings is 1. The lowest BCUT2D eigenvalue weighted by molar-refractivity contribution is 1.30. The second kappa shape index (κ2) is 3.47. The lowest BCUT2D eigenvalue weighted by atomic mass is 10.1. The smallest absolute Gasteiger partial charge is 0.139 e. The van der Waals surface area contributed by atoms with Crippen molar-refractivity contribution in [2.45, 2.75) is 0 Å². The Bertz CT molecular complexity index is 848. The fourth-order valence-corrected chi connectivity index (χ4v) is 2.56. The van der Waals surface area contributed by atoms with E-state index in [1.54, 1.807) is 0 Å². The van der Waals surface area contributed by atoms with Gasteiger partial charge in [-0.15, -0.1) is 0 Å². The second-order valence-electron chi connectivity index (χ2n) is 4.39. The van der Waals surface area contributed by atoms with Crippen molar-refractivity contribution >= 4 is 33.4 Å². The molecule has 0 saturated carbocycles. The lowest BCUT2D eigenvalue weighted by Crippen LogP contribution is -1.85. The summed E-state index contributed by atoms with van der Waals surface area (Å²) in [6, 6.07) is 16.2. The quantitative estimate of drug-likeness (QED) is 0.491. The predicted octanol–water partition coefficient (Wildman–Crippen LogP) is 4.47. The highest BCUT2D eigenvalue weighted by Gasteiger charge is 2.13. The number of rotatable bonds is 0. The molecule has 2 heterocycles. The third kappa shape index (κ3) is 1.33. The van der Waals surface area contributed by atoms with Crippen molar-refractivity contribution in [1.82, 2.24) is 9.97 Å². The average molecular weight is 253 g/mol. The highest BCUT2D eigenvalue weighted by atomic mass is 35.5. The molecule has 0 unspecified atom stereocenters. The number of aromatic amines is 1.